The molecule has 6 nitrogen and oxygen atoms in total. The number of nitrogens with zero attached hydrogens (tertiary/aromatic N) is 2. The first-order valence-electron chi connectivity index (χ1n) is 8.08. The Balaban J connectivity index is 1.73. The normalized spacial score (nSPS) is 22.3. The largest absolute Gasteiger partial charge is 0.353 e. The van der Waals surface area contributed by atoms with Crippen LogP contribution in [0.3, 0.4) is 0 Å². The molecule has 0 aromatic rings. The summed E-state index contributed by atoms with van der Waals surface area (Å²) < 4.78 is 0. The van der Waals surface area contributed by atoms with Crippen LogP contribution in [0.4, 0.5) is 4.79 Å². The van der Waals surface area contributed by atoms with E-state index >= 15 is 0 Å². The summed E-state index contributed by atoms with van der Waals surface area (Å²) in [4.78, 5) is 38.6. The Morgan fingerprint density at radius 3 is 2.41 bits per heavy atom. The quantitative estimate of drug-likeness (QED) is 0.828. The summed E-state index contributed by atoms with van der Waals surface area (Å²) in [6.07, 6.45) is 6.06. The van der Waals surface area contributed by atoms with Crippen molar-refractivity contribution in [1.29, 1.82) is 0 Å². The van der Waals surface area contributed by atoms with Gasteiger partial charge in [-0.3, -0.25) is 24.2 Å². The van der Waals surface area contributed by atoms with Crippen molar-refractivity contribution in [2.45, 2.75) is 45.1 Å². The van der Waals surface area contributed by atoms with Gasteiger partial charge in [-0.1, -0.05) is 31.0 Å². The molecule has 0 aromatic carbocycles. The second-order valence-electron chi connectivity index (χ2n) is 5.87. The minimum absolute atomic E-state index is 0.0210. The third-order valence-electron chi connectivity index (χ3n) is 4.29. The van der Waals surface area contributed by atoms with E-state index < -0.39 is 0 Å². The Kier molecular flexibility index (Phi) is 6.70. The fourth-order valence-electron chi connectivity index (χ4n) is 2.86. The van der Waals surface area contributed by atoms with Crippen LogP contribution in [-0.4, -0.2) is 64.8 Å². The zero-order valence-corrected chi connectivity index (χ0v) is 14.0. The zero-order chi connectivity index (χ0) is 15.9. The third-order valence-corrected chi connectivity index (χ3v) is 5.15. The first kappa shape index (κ1) is 17.3. The van der Waals surface area contributed by atoms with Crippen LogP contribution in [0, 0.1) is 0 Å². The van der Waals surface area contributed by atoms with Crippen molar-refractivity contribution in [2.75, 3.05) is 31.9 Å². The Bertz CT molecular complexity index is 406. The van der Waals surface area contributed by atoms with E-state index in [4.69, 9.17) is 0 Å². The van der Waals surface area contributed by atoms with Gasteiger partial charge in [0.1, 0.15) is 0 Å². The van der Waals surface area contributed by atoms with Crippen LogP contribution in [0.25, 0.3) is 0 Å². The summed E-state index contributed by atoms with van der Waals surface area (Å²) in [5.41, 5.74) is 0. The molecule has 0 saturated carbocycles. The van der Waals surface area contributed by atoms with E-state index in [2.05, 4.69) is 10.2 Å². The molecule has 22 heavy (non-hydrogen) atoms. The summed E-state index contributed by atoms with van der Waals surface area (Å²) in [5.74, 6) is 0.0325. The first-order valence-corrected chi connectivity index (χ1v) is 9.07. The number of likely N-dealkylation sites (tertiary alicyclic amines) is 1. The molecule has 1 N–H and O–H groups in total. The van der Waals surface area contributed by atoms with Gasteiger partial charge < -0.3 is 5.32 Å². The number of thioether (sulfide) groups is 1. The molecule has 2 saturated heterocycles. The fraction of sp³-hybridized carbons (Fsp3) is 0.800. The Morgan fingerprint density at radius 2 is 1.82 bits per heavy atom. The molecule has 0 unspecified atom stereocenters. The molecular weight excluding hydrogens is 302 g/mol. The molecule has 2 heterocycles. The lowest BCUT2D eigenvalue weighted by molar-refractivity contribution is -0.127. The van der Waals surface area contributed by atoms with Crippen molar-refractivity contribution in [3.63, 3.8) is 0 Å². The fourth-order valence-corrected chi connectivity index (χ4v) is 3.61. The Morgan fingerprint density at radius 1 is 1.18 bits per heavy atom. The van der Waals surface area contributed by atoms with Crippen LogP contribution in [-0.2, 0) is 9.59 Å². The van der Waals surface area contributed by atoms with E-state index in [1.807, 2.05) is 6.92 Å². The SMILES string of the molecule is C[C@H](C(=O)NCCN1C(=O)CSC1=O)N1CCCCCCC1. The Labute approximate surface area is 136 Å². The van der Waals surface area contributed by atoms with Crippen molar-refractivity contribution in [3.05, 3.63) is 0 Å². The maximum atomic E-state index is 12.2. The van der Waals surface area contributed by atoms with Gasteiger partial charge in [-0.25, -0.2) is 0 Å². The number of carbonyl (C=O) groups excluding carboxylic acids is 3. The molecule has 2 rings (SSSR count). The highest BCUT2D eigenvalue weighted by Crippen LogP contribution is 2.17. The van der Waals surface area contributed by atoms with Crippen molar-refractivity contribution < 1.29 is 14.4 Å². The molecule has 124 valence electrons. The molecule has 0 aliphatic carbocycles. The molecule has 0 spiro atoms. The van der Waals surface area contributed by atoms with Gasteiger partial charge in [0.2, 0.25) is 11.8 Å². The minimum Gasteiger partial charge on any atom is -0.353 e. The van der Waals surface area contributed by atoms with E-state index in [1.165, 1.54) is 24.2 Å². The van der Waals surface area contributed by atoms with Gasteiger partial charge in [0, 0.05) is 13.1 Å². The van der Waals surface area contributed by atoms with Crippen LogP contribution in [0.5, 0.6) is 0 Å². The van der Waals surface area contributed by atoms with Crippen molar-refractivity contribution in [3.8, 4) is 0 Å². The van der Waals surface area contributed by atoms with Crippen LogP contribution in [0.15, 0.2) is 0 Å². The summed E-state index contributed by atoms with van der Waals surface area (Å²) in [6.45, 7) is 4.46. The predicted molar refractivity (Wildman–Crippen MR) is 86.7 cm³/mol. The van der Waals surface area contributed by atoms with Gasteiger partial charge in [0.05, 0.1) is 11.8 Å². The number of hydrogen-bond donors (Lipinski definition) is 1. The van der Waals surface area contributed by atoms with Crippen LogP contribution in [0.2, 0.25) is 0 Å². The van der Waals surface area contributed by atoms with Crippen LogP contribution in [0.1, 0.15) is 39.0 Å². The molecule has 7 heteroatoms. The van der Waals surface area contributed by atoms with E-state index in [1.54, 1.807) is 0 Å². The number of carbonyl (C=O) groups is 3. The molecular formula is C15H25N3O3S. The second kappa shape index (κ2) is 8.53. The van der Waals surface area contributed by atoms with Crippen LogP contribution < -0.4 is 5.32 Å². The second-order valence-corrected chi connectivity index (χ2v) is 6.80. The standard InChI is InChI=1S/C15H25N3O3S/c1-12(17-8-5-3-2-4-6-9-17)14(20)16-7-10-18-13(19)11-22-15(18)21/h12H,2-11H2,1H3,(H,16,20)/t12-/m1/s1. The number of amides is 3. The zero-order valence-electron chi connectivity index (χ0n) is 13.2. The van der Waals surface area contributed by atoms with Gasteiger partial charge >= 0.3 is 0 Å². The monoisotopic (exact) mass is 327 g/mol. The van der Waals surface area contributed by atoms with E-state index in [0.29, 0.717) is 6.54 Å². The number of nitrogens with one attached hydrogen (secondary N) is 1. The summed E-state index contributed by atoms with van der Waals surface area (Å²) in [7, 11) is 0. The highest BCUT2D eigenvalue weighted by atomic mass is 32.2. The molecule has 2 fully saturated rings. The van der Waals surface area contributed by atoms with E-state index in [9.17, 15) is 14.4 Å². The predicted octanol–water partition coefficient (Wildman–Crippen LogP) is 1.45. The summed E-state index contributed by atoms with van der Waals surface area (Å²) in [5, 5.41) is 2.64. The van der Waals surface area contributed by atoms with Gasteiger partial charge in [0.15, 0.2) is 0 Å². The maximum Gasteiger partial charge on any atom is 0.288 e. The summed E-state index contributed by atoms with van der Waals surface area (Å²) in [6, 6.07) is -0.155. The molecule has 0 bridgehead atoms. The molecule has 0 radical (unpaired) electrons. The van der Waals surface area contributed by atoms with E-state index in [-0.39, 0.29) is 35.4 Å². The maximum absolute atomic E-state index is 12.2. The molecule has 1 atom stereocenters. The molecule has 3 amide bonds. The highest BCUT2D eigenvalue weighted by molar-refractivity contribution is 8.14. The average Bonchev–Trinajstić information content (AvgIpc) is 2.78. The van der Waals surface area contributed by atoms with E-state index in [0.717, 1.165) is 37.7 Å². The van der Waals surface area contributed by atoms with Gasteiger partial charge in [-0.05, 0) is 32.9 Å². The minimum atomic E-state index is -0.212. The van der Waals surface area contributed by atoms with Crippen LogP contribution >= 0.6 is 11.8 Å². The van der Waals surface area contributed by atoms with Gasteiger partial charge in [0.25, 0.3) is 5.24 Å². The van der Waals surface area contributed by atoms with Gasteiger partial charge in [-0.15, -0.1) is 0 Å². The van der Waals surface area contributed by atoms with Gasteiger partial charge in [-0.2, -0.15) is 0 Å². The van der Waals surface area contributed by atoms with Crippen molar-refractivity contribution in [2.24, 2.45) is 0 Å². The molecule has 2 aliphatic heterocycles. The molecule has 0 aromatic heterocycles. The lowest BCUT2D eigenvalue weighted by Gasteiger charge is -2.29. The first-order chi connectivity index (χ1) is 10.6. The highest BCUT2D eigenvalue weighted by Gasteiger charge is 2.29. The van der Waals surface area contributed by atoms with Crippen molar-refractivity contribution in [1.82, 2.24) is 15.1 Å². The summed E-state index contributed by atoms with van der Waals surface area (Å²) >= 11 is 1.02. The third kappa shape index (κ3) is 4.71. The smallest absolute Gasteiger partial charge is 0.288 e. The lowest BCUT2D eigenvalue weighted by atomic mass is 10.1. The Hall–Kier alpha value is -1.08. The number of hydrogen-bond acceptors (Lipinski definition) is 5. The molecule has 2 aliphatic rings. The average molecular weight is 327 g/mol. The number of imide groups is 1. The topological polar surface area (TPSA) is 69.7 Å². The number of rotatable bonds is 5. The lowest BCUT2D eigenvalue weighted by Crippen LogP contribution is -2.48. The van der Waals surface area contributed by atoms with Crippen molar-refractivity contribution >= 4 is 28.8 Å².